The molecule has 5 rings (SSSR count). The second-order valence-electron chi connectivity index (χ2n) is 9.03. The third kappa shape index (κ3) is 4.97. The minimum Gasteiger partial charge on any atom is -0.424 e. The van der Waals surface area contributed by atoms with Gasteiger partial charge in [0.15, 0.2) is 5.82 Å². The van der Waals surface area contributed by atoms with Crippen molar-refractivity contribution in [2.45, 2.75) is 38.9 Å². The lowest BCUT2D eigenvalue weighted by Gasteiger charge is -2.38. The van der Waals surface area contributed by atoms with Crippen molar-refractivity contribution in [2.75, 3.05) is 18.0 Å². The summed E-state index contributed by atoms with van der Waals surface area (Å²) >= 11 is 0. The van der Waals surface area contributed by atoms with Crippen LogP contribution >= 0.6 is 0 Å². The average molecular weight is 476 g/mol. The SMILES string of the molecule is Cc1cc(N2CC3CCC(C2)C3Cc2nc(Oc3cccc(F)c3)n(CC(F)(F)F)n2)ncn1. The van der Waals surface area contributed by atoms with Gasteiger partial charge in [0.05, 0.1) is 0 Å². The van der Waals surface area contributed by atoms with Crippen LogP contribution in [0.1, 0.15) is 24.4 Å². The van der Waals surface area contributed by atoms with Gasteiger partial charge < -0.3 is 9.64 Å². The van der Waals surface area contributed by atoms with Crippen LogP contribution in [0.4, 0.5) is 23.4 Å². The first kappa shape index (κ1) is 22.5. The highest BCUT2D eigenvalue weighted by molar-refractivity contribution is 5.40. The number of rotatable bonds is 6. The number of fused-ring (bicyclic) bond motifs is 2. The van der Waals surface area contributed by atoms with E-state index in [2.05, 4.69) is 25.0 Å². The van der Waals surface area contributed by atoms with Crippen molar-refractivity contribution in [1.29, 1.82) is 0 Å². The van der Waals surface area contributed by atoms with Gasteiger partial charge in [-0.05, 0) is 49.7 Å². The Kier molecular flexibility index (Phi) is 5.86. The number of piperidine rings is 1. The molecule has 2 aliphatic rings. The third-order valence-corrected chi connectivity index (χ3v) is 6.58. The molecule has 34 heavy (non-hydrogen) atoms. The maximum absolute atomic E-state index is 13.5. The second-order valence-corrected chi connectivity index (χ2v) is 9.03. The number of aromatic nitrogens is 5. The Bertz CT molecular complexity index is 1150. The van der Waals surface area contributed by atoms with E-state index >= 15 is 0 Å². The summed E-state index contributed by atoms with van der Waals surface area (Å²) in [5, 5.41) is 4.13. The van der Waals surface area contributed by atoms with Crippen LogP contribution in [0.5, 0.6) is 11.8 Å². The van der Waals surface area contributed by atoms with E-state index in [4.69, 9.17) is 4.74 Å². The van der Waals surface area contributed by atoms with Crippen LogP contribution in [-0.2, 0) is 13.0 Å². The summed E-state index contributed by atoms with van der Waals surface area (Å²) in [6.07, 6.45) is -0.366. The van der Waals surface area contributed by atoms with Crippen LogP contribution in [0.25, 0.3) is 0 Å². The first-order valence-electron chi connectivity index (χ1n) is 11.2. The van der Waals surface area contributed by atoms with E-state index in [0.717, 1.165) is 43.5 Å². The van der Waals surface area contributed by atoms with E-state index in [9.17, 15) is 17.6 Å². The Morgan fingerprint density at radius 3 is 2.53 bits per heavy atom. The van der Waals surface area contributed by atoms with Crippen molar-refractivity contribution >= 4 is 5.82 Å². The molecule has 1 saturated heterocycles. The Hall–Kier alpha value is -3.24. The summed E-state index contributed by atoms with van der Waals surface area (Å²) < 4.78 is 59.1. The number of alkyl halides is 3. The molecule has 0 radical (unpaired) electrons. The van der Waals surface area contributed by atoms with E-state index in [1.54, 1.807) is 6.33 Å². The number of benzene rings is 1. The summed E-state index contributed by atoms with van der Waals surface area (Å²) in [5.41, 5.74) is 0.907. The fraction of sp³-hybridized carbons (Fsp3) is 0.478. The van der Waals surface area contributed by atoms with Gasteiger partial charge in [0.1, 0.15) is 30.3 Å². The molecule has 11 heteroatoms. The molecule has 1 aliphatic heterocycles. The molecule has 0 N–H and O–H groups in total. The fourth-order valence-electron chi connectivity index (χ4n) is 5.12. The van der Waals surface area contributed by atoms with E-state index in [1.807, 2.05) is 13.0 Å². The average Bonchev–Trinajstić information content (AvgIpc) is 3.21. The molecule has 180 valence electrons. The highest BCUT2D eigenvalue weighted by atomic mass is 19.4. The molecule has 2 aromatic heterocycles. The molecular weight excluding hydrogens is 452 g/mol. The van der Waals surface area contributed by atoms with Crippen LogP contribution in [0.3, 0.4) is 0 Å². The number of halogens is 4. The third-order valence-electron chi connectivity index (χ3n) is 6.58. The highest BCUT2D eigenvalue weighted by Gasteiger charge is 2.43. The molecule has 0 amide bonds. The first-order valence-corrected chi connectivity index (χ1v) is 11.2. The molecule has 7 nitrogen and oxygen atoms in total. The van der Waals surface area contributed by atoms with Crippen molar-refractivity contribution < 1.29 is 22.3 Å². The molecule has 0 spiro atoms. The monoisotopic (exact) mass is 476 g/mol. The van der Waals surface area contributed by atoms with Crippen molar-refractivity contribution in [3.8, 4) is 11.8 Å². The topological polar surface area (TPSA) is 69.0 Å². The Balaban J connectivity index is 1.34. The first-order chi connectivity index (χ1) is 16.2. The zero-order chi connectivity index (χ0) is 23.9. The molecule has 3 aromatic rings. The number of aryl methyl sites for hydroxylation is 1. The zero-order valence-corrected chi connectivity index (χ0v) is 18.5. The van der Waals surface area contributed by atoms with Crippen molar-refractivity contribution in [1.82, 2.24) is 24.7 Å². The van der Waals surface area contributed by atoms with Gasteiger partial charge in [-0.25, -0.2) is 19.0 Å². The van der Waals surface area contributed by atoms with Gasteiger partial charge in [-0.3, -0.25) is 0 Å². The van der Waals surface area contributed by atoms with Crippen molar-refractivity contribution in [2.24, 2.45) is 17.8 Å². The van der Waals surface area contributed by atoms with Gasteiger partial charge in [-0.2, -0.15) is 23.3 Å². The molecule has 1 aliphatic carbocycles. The van der Waals surface area contributed by atoms with Crippen LogP contribution in [-0.4, -0.2) is 44.0 Å². The van der Waals surface area contributed by atoms with Gasteiger partial charge in [0, 0.05) is 37.3 Å². The Labute approximate surface area is 193 Å². The van der Waals surface area contributed by atoms with Crippen LogP contribution in [0.2, 0.25) is 0 Å². The van der Waals surface area contributed by atoms with Gasteiger partial charge >= 0.3 is 12.2 Å². The van der Waals surface area contributed by atoms with E-state index < -0.39 is 18.5 Å². The lowest BCUT2D eigenvalue weighted by atomic mass is 9.82. The van der Waals surface area contributed by atoms with Crippen molar-refractivity contribution in [3.05, 3.63) is 54.0 Å². The van der Waals surface area contributed by atoms with E-state index in [1.165, 1.54) is 18.2 Å². The summed E-state index contributed by atoms with van der Waals surface area (Å²) in [5.74, 6) is 1.73. The van der Waals surface area contributed by atoms with Gasteiger partial charge in [-0.15, -0.1) is 0 Å². The molecule has 1 aromatic carbocycles. The molecule has 2 fully saturated rings. The second kappa shape index (κ2) is 8.84. The number of anilines is 1. The highest BCUT2D eigenvalue weighted by Crippen LogP contribution is 2.44. The predicted octanol–water partition coefficient (Wildman–Crippen LogP) is 4.58. The fourth-order valence-corrected chi connectivity index (χ4v) is 5.12. The van der Waals surface area contributed by atoms with Gasteiger partial charge in [0.2, 0.25) is 0 Å². The molecule has 2 atom stereocenters. The van der Waals surface area contributed by atoms with Crippen LogP contribution < -0.4 is 9.64 Å². The summed E-state index contributed by atoms with van der Waals surface area (Å²) in [4.78, 5) is 15.1. The van der Waals surface area contributed by atoms with Crippen LogP contribution in [0.15, 0.2) is 36.7 Å². The lowest BCUT2D eigenvalue weighted by molar-refractivity contribution is -0.143. The molecular formula is C23H24F4N6O. The number of ether oxygens (including phenoxy) is 1. The van der Waals surface area contributed by atoms with E-state index in [-0.39, 0.29) is 17.7 Å². The number of nitrogens with zero attached hydrogens (tertiary/aromatic N) is 6. The Morgan fingerprint density at radius 1 is 1.09 bits per heavy atom. The van der Waals surface area contributed by atoms with Crippen molar-refractivity contribution in [3.63, 3.8) is 0 Å². The Morgan fingerprint density at radius 2 is 1.85 bits per heavy atom. The molecule has 2 unspecified atom stereocenters. The van der Waals surface area contributed by atoms with Gasteiger partial charge in [-0.1, -0.05) is 6.07 Å². The minimum absolute atomic E-state index is 0.0656. The maximum Gasteiger partial charge on any atom is 0.408 e. The van der Waals surface area contributed by atoms with Gasteiger partial charge in [0.25, 0.3) is 0 Å². The maximum atomic E-state index is 13.5. The quantitative estimate of drug-likeness (QED) is 0.486. The summed E-state index contributed by atoms with van der Waals surface area (Å²) in [6.45, 7) is 2.25. The smallest absolute Gasteiger partial charge is 0.408 e. The molecule has 1 saturated carbocycles. The van der Waals surface area contributed by atoms with E-state index in [0.29, 0.717) is 28.8 Å². The molecule has 2 bridgehead atoms. The number of hydrogen-bond donors (Lipinski definition) is 0. The summed E-state index contributed by atoms with van der Waals surface area (Å²) in [6, 6.07) is 6.87. The number of hydrogen-bond acceptors (Lipinski definition) is 6. The largest absolute Gasteiger partial charge is 0.424 e. The van der Waals surface area contributed by atoms with Crippen LogP contribution in [0, 0.1) is 30.5 Å². The molecule has 3 heterocycles. The standard InChI is InChI=1S/C23H24F4N6O/c1-14-7-21(29-13-28-14)32-10-15-5-6-16(11-32)19(15)9-20-30-22(33(31-20)12-23(25,26)27)34-18-4-2-3-17(24)8-18/h2-4,7-8,13,15-16,19H,5-6,9-12H2,1H3. The lowest BCUT2D eigenvalue weighted by Crippen LogP contribution is -2.43. The minimum atomic E-state index is -4.49. The predicted molar refractivity (Wildman–Crippen MR) is 115 cm³/mol. The summed E-state index contributed by atoms with van der Waals surface area (Å²) in [7, 11) is 0. The zero-order valence-electron chi connectivity index (χ0n) is 18.5. The normalized spacial score (nSPS) is 22.3.